The van der Waals surface area contributed by atoms with E-state index >= 15 is 0 Å². The van der Waals surface area contributed by atoms with Crippen LogP contribution >= 0.6 is 11.3 Å². The maximum absolute atomic E-state index is 12.6. The SMILES string of the molecule is O=C(NCc1cccnc1)[C@@H]1CO[C@H]2CN(Cc3ccsc3)C[C@H]21. The molecule has 2 aliphatic rings. The molecule has 4 rings (SSSR count). The maximum Gasteiger partial charge on any atom is 0.226 e. The van der Waals surface area contributed by atoms with Crippen LogP contribution in [-0.4, -0.2) is 41.6 Å². The topological polar surface area (TPSA) is 54.5 Å². The number of aromatic nitrogens is 1. The van der Waals surface area contributed by atoms with Crippen LogP contribution < -0.4 is 5.32 Å². The molecule has 2 aliphatic heterocycles. The maximum atomic E-state index is 12.6. The monoisotopic (exact) mass is 343 g/mol. The molecule has 0 unspecified atom stereocenters. The number of nitrogens with one attached hydrogen (secondary N) is 1. The number of amides is 1. The number of ether oxygens (including phenoxy) is 1. The Bertz CT molecular complexity index is 677. The summed E-state index contributed by atoms with van der Waals surface area (Å²) in [7, 11) is 0. The minimum atomic E-state index is -0.0425. The third-order valence-electron chi connectivity index (χ3n) is 4.90. The Hall–Kier alpha value is -1.76. The molecule has 0 aromatic carbocycles. The lowest BCUT2D eigenvalue weighted by molar-refractivity contribution is -0.126. The zero-order valence-corrected chi connectivity index (χ0v) is 14.2. The van der Waals surface area contributed by atoms with Crippen LogP contribution in [0.1, 0.15) is 11.1 Å². The lowest BCUT2D eigenvalue weighted by Gasteiger charge is -2.19. The van der Waals surface area contributed by atoms with E-state index in [1.807, 2.05) is 12.1 Å². The molecule has 4 heterocycles. The Morgan fingerprint density at radius 1 is 1.38 bits per heavy atom. The van der Waals surface area contributed by atoms with Crippen LogP contribution in [0.4, 0.5) is 0 Å². The Kier molecular flexibility index (Phi) is 4.60. The molecular formula is C18H21N3O2S. The van der Waals surface area contributed by atoms with E-state index in [0.29, 0.717) is 19.1 Å². The Balaban J connectivity index is 1.32. The van der Waals surface area contributed by atoms with Crippen molar-refractivity contribution in [3.63, 3.8) is 0 Å². The molecule has 0 spiro atoms. The van der Waals surface area contributed by atoms with Crippen molar-refractivity contribution in [2.75, 3.05) is 19.7 Å². The summed E-state index contributed by atoms with van der Waals surface area (Å²) in [5.41, 5.74) is 2.37. The lowest BCUT2D eigenvalue weighted by atomic mass is 9.92. The number of thiophene rings is 1. The summed E-state index contributed by atoms with van der Waals surface area (Å²) in [4.78, 5) is 19.0. The fourth-order valence-corrected chi connectivity index (χ4v) is 4.32. The fraction of sp³-hybridized carbons (Fsp3) is 0.444. The molecule has 0 aliphatic carbocycles. The van der Waals surface area contributed by atoms with E-state index in [-0.39, 0.29) is 17.9 Å². The predicted molar refractivity (Wildman–Crippen MR) is 92.4 cm³/mol. The fourth-order valence-electron chi connectivity index (χ4n) is 3.66. The summed E-state index contributed by atoms with van der Waals surface area (Å²) in [6.45, 7) is 3.88. The van der Waals surface area contributed by atoms with Gasteiger partial charge in [-0.25, -0.2) is 0 Å². The van der Waals surface area contributed by atoms with Crippen LogP contribution in [0.5, 0.6) is 0 Å². The molecule has 2 fully saturated rings. The summed E-state index contributed by atoms with van der Waals surface area (Å²) in [6, 6.07) is 6.02. The first-order valence-electron chi connectivity index (χ1n) is 8.31. The summed E-state index contributed by atoms with van der Waals surface area (Å²) in [6.07, 6.45) is 3.71. The van der Waals surface area contributed by atoms with E-state index in [4.69, 9.17) is 4.74 Å². The molecule has 5 nitrogen and oxygen atoms in total. The number of hydrogen-bond donors (Lipinski definition) is 1. The first-order valence-corrected chi connectivity index (χ1v) is 9.25. The highest BCUT2D eigenvalue weighted by Gasteiger charge is 2.46. The number of carbonyl (C=O) groups excluding carboxylic acids is 1. The minimum absolute atomic E-state index is 0.0425. The molecule has 1 N–H and O–H groups in total. The number of pyridine rings is 1. The van der Waals surface area contributed by atoms with Crippen molar-refractivity contribution in [2.24, 2.45) is 11.8 Å². The summed E-state index contributed by atoms with van der Waals surface area (Å²) < 4.78 is 5.90. The summed E-state index contributed by atoms with van der Waals surface area (Å²) in [5.74, 6) is 0.361. The quantitative estimate of drug-likeness (QED) is 0.901. The second-order valence-electron chi connectivity index (χ2n) is 6.55. The van der Waals surface area contributed by atoms with Crippen molar-refractivity contribution < 1.29 is 9.53 Å². The number of hydrogen-bond acceptors (Lipinski definition) is 5. The predicted octanol–water partition coefficient (Wildman–Crippen LogP) is 1.91. The van der Waals surface area contributed by atoms with E-state index < -0.39 is 0 Å². The molecule has 3 atom stereocenters. The number of nitrogens with zero attached hydrogens (tertiary/aromatic N) is 2. The highest BCUT2D eigenvalue weighted by Crippen LogP contribution is 2.34. The average Bonchev–Trinajstić information content (AvgIpc) is 3.31. The van der Waals surface area contributed by atoms with Crippen molar-refractivity contribution in [3.8, 4) is 0 Å². The van der Waals surface area contributed by atoms with Gasteiger partial charge in [-0.1, -0.05) is 6.07 Å². The molecule has 126 valence electrons. The van der Waals surface area contributed by atoms with Gasteiger partial charge in [0, 0.05) is 44.5 Å². The molecular weight excluding hydrogens is 322 g/mol. The van der Waals surface area contributed by atoms with Crippen molar-refractivity contribution >= 4 is 17.2 Å². The molecule has 24 heavy (non-hydrogen) atoms. The second kappa shape index (κ2) is 7.01. The second-order valence-corrected chi connectivity index (χ2v) is 7.33. The number of rotatable bonds is 5. The van der Waals surface area contributed by atoms with Crippen LogP contribution in [0, 0.1) is 11.8 Å². The van der Waals surface area contributed by atoms with Gasteiger partial charge in [-0.05, 0) is 34.0 Å². The molecule has 1 amide bonds. The van der Waals surface area contributed by atoms with E-state index in [9.17, 15) is 4.79 Å². The summed E-state index contributed by atoms with van der Waals surface area (Å²) >= 11 is 1.73. The minimum Gasteiger partial charge on any atom is -0.376 e. The Morgan fingerprint density at radius 2 is 2.33 bits per heavy atom. The normalized spacial score (nSPS) is 26.4. The van der Waals surface area contributed by atoms with Gasteiger partial charge >= 0.3 is 0 Å². The molecule has 2 saturated heterocycles. The molecule has 0 saturated carbocycles. The average molecular weight is 343 g/mol. The highest BCUT2D eigenvalue weighted by molar-refractivity contribution is 7.07. The van der Waals surface area contributed by atoms with E-state index in [1.54, 1.807) is 23.7 Å². The largest absolute Gasteiger partial charge is 0.376 e. The van der Waals surface area contributed by atoms with Gasteiger partial charge in [-0.3, -0.25) is 14.7 Å². The van der Waals surface area contributed by atoms with E-state index in [2.05, 4.69) is 32.0 Å². The van der Waals surface area contributed by atoms with Gasteiger partial charge in [0.05, 0.1) is 18.6 Å². The number of fused-ring (bicyclic) bond motifs is 1. The van der Waals surface area contributed by atoms with Gasteiger partial charge in [-0.15, -0.1) is 0 Å². The number of likely N-dealkylation sites (tertiary alicyclic amines) is 1. The third-order valence-corrected chi connectivity index (χ3v) is 5.64. The van der Waals surface area contributed by atoms with Crippen LogP contribution in [0.25, 0.3) is 0 Å². The molecule has 0 bridgehead atoms. The zero-order chi connectivity index (χ0) is 16.4. The van der Waals surface area contributed by atoms with Gasteiger partial charge in [-0.2, -0.15) is 11.3 Å². The van der Waals surface area contributed by atoms with Crippen LogP contribution in [0.15, 0.2) is 41.4 Å². The summed E-state index contributed by atoms with van der Waals surface area (Å²) in [5, 5.41) is 7.33. The molecule has 2 aromatic heterocycles. The van der Waals surface area contributed by atoms with Gasteiger partial charge in [0.25, 0.3) is 0 Å². The highest BCUT2D eigenvalue weighted by atomic mass is 32.1. The Labute approximate surface area is 145 Å². The first-order chi connectivity index (χ1) is 11.8. The smallest absolute Gasteiger partial charge is 0.226 e. The van der Waals surface area contributed by atoms with Gasteiger partial charge in [0.15, 0.2) is 0 Å². The van der Waals surface area contributed by atoms with Crippen LogP contribution in [-0.2, 0) is 22.6 Å². The lowest BCUT2D eigenvalue weighted by Crippen LogP contribution is -2.36. The number of carbonyl (C=O) groups is 1. The van der Waals surface area contributed by atoms with Crippen molar-refractivity contribution in [1.29, 1.82) is 0 Å². The van der Waals surface area contributed by atoms with Crippen LogP contribution in [0.3, 0.4) is 0 Å². The first kappa shape index (κ1) is 15.7. The molecule has 6 heteroatoms. The van der Waals surface area contributed by atoms with Crippen molar-refractivity contribution in [1.82, 2.24) is 15.2 Å². The van der Waals surface area contributed by atoms with E-state index in [1.165, 1.54) is 5.56 Å². The van der Waals surface area contributed by atoms with Crippen molar-refractivity contribution in [2.45, 2.75) is 19.2 Å². The van der Waals surface area contributed by atoms with Crippen molar-refractivity contribution in [3.05, 3.63) is 52.5 Å². The molecule has 0 radical (unpaired) electrons. The standard InChI is InChI=1S/C18H21N3O2S/c22-18(20-7-13-2-1-4-19-6-13)16-11-23-17-10-21(9-15(16)17)8-14-3-5-24-12-14/h1-6,12,15-17H,7-11H2,(H,20,22)/t15-,16+,17-/m0/s1. The third kappa shape index (κ3) is 3.36. The Morgan fingerprint density at radius 3 is 3.12 bits per heavy atom. The van der Waals surface area contributed by atoms with E-state index in [0.717, 1.165) is 25.2 Å². The van der Waals surface area contributed by atoms with Gasteiger partial charge in [0.2, 0.25) is 5.91 Å². The van der Waals surface area contributed by atoms with Gasteiger partial charge < -0.3 is 10.1 Å². The zero-order valence-electron chi connectivity index (χ0n) is 13.4. The van der Waals surface area contributed by atoms with Crippen LogP contribution in [0.2, 0.25) is 0 Å². The van der Waals surface area contributed by atoms with Gasteiger partial charge in [0.1, 0.15) is 0 Å². The molecule has 2 aromatic rings.